The summed E-state index contributed by atoms with van der Waals surface area (Å²) in [5.41, 5.74) is 2.37. The van der Waals surface area contributed by atoms with E-state index in [1.807, 2.05) is 24.3 Å². The number of carbonyl (C=O) groups is 3. The third kappa shape index (κ3) is 4.15. The molecule has 30 heavy (non-hydrogen) atoms. The quantitative estimate of drug-likeness (QED) is 0.371. The molecule has 0 radical (unpaired) electrons. The molecule has 1 heterocycles. The standard InChI is InChI=1S/C23H17NO6/c25-12-15-5-1-3-7-19(15)28-14-23(27)29-13-22(26)24-16-9-10-21-18(11-16)17-6-2-4-8-20(17)30-21/h1-12H,13-14H2,(H,24,26). The van der Waals surface area contributed by atoms with Gasteiger partial charge in [-0.25, -0.2) is 4.79 Å². The van der Waals surface area contributed by atoms with Gasteiger partial charge in [0.1, 0.15) is 16.9 Å². The second kappa shape index (κ2) is 8.48. The van der Waals surface area contributed by atoms with Crippen molar-refractivity contribution in [2.45, 2.75) is 0 Å². The van der Waals surface area contributed by atoms with Gasteiger partial charge in [0.15, 0.2) is 19.5 Å². The van der Waals surface area contributed by atoms with Gasteiger partial charge in [-0.05, 0) is 36.4 Å². The second-order valence-electron chi connectivity index (χ2n) is 6.46. The normalized spacial score (nSPS) is 10.7. The SMILES string of the molecule is O=Cc1ccccc1OCC(=O)OCC(=O)Nc1ccc2oc3ccccc3c2c1. The number of hydrogen-bond acceptors (Lipinski definition) is 6. The molecule has 0 atom stereocenters. The van der Waals surface area contributed by atoms with Crippen molar-refractivity contribution >= 4 is 45.8 Å². The summed E-state index contributed by atoms with van der Waals surface area (Å²) in [5, 5.41) is 4.52. The van der Waals surface area contributed by atoms with Crippen molar-refractivity contribution in [3.8, 4) is 5.75 Å². The molecule has 1 aromatic heterocycles. The third-order valence-electron chi connectivity index (χ3n) is 4.42. The fraction of sp³-hybridized carbons (Fsp3) is 0.0870. The van der Waals surface area contributed by atoms with E-state index in [0.29, 0.717) is 23.1 Å². The van der Waals surface area contributed by atoms with E-state index in [1.54, 1.807) is 42.5 Å². The molecule has 1 amide bonds. The number of esters is 1. The van der Waals surface area contributed by atoms with Gasteiger partial charge in [0.2, 0.25) is 0 Å². The Morgan fingerprint density at radius 2 is 1.67 bits per heavy atom. The number of aldehydes is 1. The van der Waals surface area contributed by atoms with Crippen LogP contribution in [0, 0.1) is 0 Å². The highest BCUT2D eigenvalue weighted by Gasteiger charge is 2.12. The molecule has 0 aliphatic heterocycles. The molecule has 150 valence electrons. The fourth-order valence-corrected chi connectivity index (χ4v) is 3.03. The molecule has 1 N–H and O–H groups in total. The maximum Gasteiger partial charge on any atom is 0.344 e. The molecule has 0 unspecified atom stereocenters. The maximum absolute atomic E-state index is 12.1. The van der Waals surface area contributed by atoms with E-state index < -0.39 is 25.1 Å². The Bertz CT molecular complexity index is 1240. The summed E-state index contributed by atoms with van der Waals surface area (Å²) >= 11 is 0. The van der Waals surface area contributed by atoms with Crippen molar-refractivity contribution in [3.05, 3.63) is 72.3 Å². The zero-order valence-electron chi connectivity index (χ0n) is 15.8. The van der Waals surface area contributed by atoms with Crippen LogP contribution < -0.4 is 10.1 Å². The van der Waals surface area contributed by atoms with Crippen LogP contribution in [0.3, 0.4) is 0 Å². The second-order valence-corrected chi connectivity index (χ2v) is 6.46. The number of hydrogen-bond donors (Lipinski definition) is 1. The van der Waals surface area contributed by atoms with Crippen LogP contribution in [0.2, 0.25) is 0 Å². The molecule has 0 aliphatic carbocycles. The number of carbonyl (C=O) groups excluding carboxylic acids is 3. The molecule has 0 bridgehead atoms. The van der Waals surface area contributed by atoms with Gasteiger partial charge < -0.3 is 19.2 Å². The molecule has 4 aromatic rings. The summed E-state index contributed by atoms with van der Waals surface area (Å²) in [6.07, 6.45) is 0.633. The molecule has 0 saturated carbocycles. The lowest BCUT2D eigenvalue weighted by atomic mass is 10.1. The van der Waals surface area contributed by atoms with Gasteiger partial charge in [0.25, 0.3) is 5.91 Å². The predicted octanol–water partition coefficient (Wildman–Crippen LogP) is 3.96. The summed E-state index contributed by atoms with van der Waals surface area (Å²) in [4.78, 5) is 34.9. The Kier molecular flexibility index (Phi) is 5.43. The number of rotatable bonds is 7. The van der Waals surface area contributed by atoms with Crippen molar-refractivity contribution < 1.29 is 28.3 Å². The molecule has 0 spiro atoms. The Morgan fingerprint density at radius 3 is 2.53 bits per heavy atom. The molecule has 7 heteroatoms. The minimum absolute atomic E-state index is 0.273. The van der Waals surface area contributed by atoms with Crippen molar-refractivity contribution in [1.82, 2.24) is 0 Å². The van der Waals surface area contributed by atoms with E-state index in [4.69, 9.17) is 13.9 Å². The highest BCUT2D eigenvalue weighted by atomic mass is 16.6. The molecular weight excluding hydrogens is 386 g/mol. The minimum Gasteiger partial charge on any atom is -0.481 e. The molecule has 4 rings (SSSR count). The zero-order valence-corrected chi connectivity index (χ0v) is 15.8. The number of fused-ring (bicyclic) bond motifs is 3. The fourth-order valence-electron chi connectivity index (χ4n) is 3.03. The van der Waals surface area contributed by atoms with Crippen molar-refractivity contribution in [3.63, 3.8) is 0 Å². The Labute approximate surface area is 171 Å². The molecule has 3 aromatic carbocycles. The van der Waals surface area contributed by atoms with Crippen molar-refractivity contribution in [2.75, 3.05) is 18.5 Å². The first-order valence-electron chi connectivity index (χ1n) is 9.18. The van der Waals surface area contributed by atoms with Gasteiger partial charge in [0, 0.05) is 16.5 Å². The summed E-state index contributed by atoms with van der Waals surface area (Å²) in [6, 6.07) is 19.4. The van der Waals surface area contributed by atoms with Gasteiger partial charge >= 0.3 is 5.97 Å². The topological polar surface area (TPSA) is 94.8 Å². The Balaban J connectivity index is 1.32. The van der Waals surface area contributed by atoms with Crippen LogP contribution in [-0.2, 0) is 14.3 Å². The first-order chi connectivity index (χ1) is 14.6. The largest absolute Gasteiger partial charge is 0.481 e. The number of para-hydroxylation sites is 2. The van der Waals surface area contributed by atoms with E-state index in [0.717, 1.165) is 16.4 Å². The highest BCUT2D eigenvalue weighted by Crippen LogP contribution is 2.30. The van der Waals surface area contributed by atoms with E-state index in [9.17, 15) is 14.4 Å². The monoisotopic (exact) mass is 403 g/mol. The van der Waals surface area contributed by atoms with Crippen LogP contribution in [0.25, 0.3) is 21.9 Å². The molecule has 0 saturated heterocycles. The van der Waals surface area contributed by atoms with Crippen LogP contribution in [0.4, 0.5) is 5.69 Å². The first-order valence-corrected chi connectivity index (χ1v) is 9.18. The highest BCUT2D eigenvalue weighted by molar-refractivity contribution is 6.07. The van der Waals surface area contributed by atoms with Crippen LogP contribution in [-0.4, -0.2) is 31.4 Å². The number of amides is 1. The van der Waals surface area contributed by atoms with Crippen LogP contribution in [0.5, 0.6) is 5.75 Å². The van der Waals surface area contributed by atoms with Crippen molar-refractivity contribution in [1.29, 1.82) is 0 Å². The summed E-state index contributed by atoms with van der Waals surface area (Å²) in [7, 11) is 0. The Hall–Kier alpha value is -4.13. The van der Waals surface area contributed by atoms with Crippen molar-refractivity contribution in [2.24, 2.45) is 0 Å². The Morgan fingerprint density at radius 1 is 0.900 bits per heavy atom. The molecule has 7 nitrogen and oxygen atoms in total. The van der Waals surface area contributed by atoms with E-state index in [2.05, 4.69) is 5.32 Å². The van der Waals surface area contributed by atoms with Gasteiger partial charge in [-0.3, -0.25) is 9.59 Å². The van der Waals surface area contributed by atoms with E-state index in [1.165, 1.54) is 0 Å². The van der Waals surface area contributed by atoms with Gasteiger partial charge in [-0.2, -0.15) is 0 Å². The number of benzene rings is 3. The lowest BCUT2D eigenvalue weighted by Crippen LogP contribution is -2.23. The summed E-state index contributed by atoms with van der Waals surface area (Å²) < 4.78 is 16.0. The smallest absolute Gasteiger partial charge is 0.344 e. The average Bonchev–Trinajstić information content (AvgIpc) is 3.14. The molecule has 0 aliphatic rings. The summed E-state index contributed by atoms with van der Waals surface area (Å²) in [5.74, 6) is -0.930. The van der Waals surface area contributed by atoms with E-state index >= 15 is 0 Å². The molecule has 0 fully saturated rings. The lowest BCUT2D eigenvalue weighted by molar-refractivity contribution is -0.149. The van der Waals surface area contributed by atoms with Gasteiger partial charge in [-0.1, -0.05) is 30.3 Å². The van der Waals surface area contributed by atoms with Crippen LogP contribution in [0.15, 0.2) is 71.1 Å². The first kappa shape index (κ1) is 19.2. The van der Waals surface area contributed by atoms with Crippen LogP contribution >= 0.6 is 0 Å². The number of furan rings is 1. The lowest BCUT2D eigenvalue weighted by Gasteiger charge is -2.09. The van der Waals surface area contributed by atoms with Crippen LogP contribution in [0.1, 0.15) is 10.4 Å². The number of anilines is 1. The van der Waals surface area contributed by atoms with Gasteiger partial charge in [-0.15, -0.1) is 0 Å². The molecular formula is C23H17NO6. The summed E-state index contributed by atoms with van der Waals surface area (Å²) in [6.45, 7) is -0.868. The number of nitrogens with one attached hydrogen (secondary N) is 1. The minimum atomic E-state index is -0.720. The zero-order chi connectivity index (χ0) is 20.9. The average molecular weight is 403 g/mol. The van der Waals surface area contributed by atoms with E-state index in [-0.39, 0.29) is 5.75 Å². The van der Waals surface area contributed by atoms with Gasteiger partial charge in [0.05, 0.1) is 5.56 Å². The number of ether oxygens (including phenoxy) is 2. The maximum atomic E-state index is 12.1. The third-order valence-corrected chi connectivity index (χ3v) is 4.42. The predicted molar refractivity (Wildman–Crippen MR) is 111 cm³/mol.